The second kappa shape index (κ2) is 4.28. The van der Waals surface area contributed by atoms with Crippen LogP contribution in [0.2, 0.25) is 0 Å². The Labute approximate surface area is 113 Å². The first-order valence-electron chi connectivity index (χ1n) is 5.78. The number of hydrogen-bond donors (Lipinski definition) is 1. The maximum Gasteiger partial charge on any atom is 0.138 e. The monoisotopic (exact) mass is 348 g/mol. The molecular weight excluding hydrogens is 334 g/mol. The van der Waals surface area contributed by atoms with Crippen molar-refractivity contribution in [2.45, 2.75) is 25.0 Å². The summed E-state index contributed by atoms with van der Waals surface area (Å²) in [4.78, 5) is 2.15. The molecule has 3 nitrogen and oxygen atoms in total. The van der Waals surface area contributed by atoms with Crippen LogP contribution in [0.3, 0.4) is 0 Å². The van der Waals surface area contributed by atoms with Crippen LogP contribution in [-0.4, -0.2) is 25.3 Å². The van der Waals surface area contributed by atoms with Crippen molar-refractivity contribution in [2.75, 3.05) is 23.7 Å². The predicted molar refractivity (Wildman–Crippen MR) is 73.6 cm³/mol. The number of anilines is 2. The highest BCUT2D eigenvalue weighted by molar-refractivity contribution is 14.1. The minimum absolute atomic E-state index is 0.200. The third kappa shape index (κ3) is 2.10. The molecule has 0 spiro atoms. The van der Waals surface area contributed by atoms with Crippen molar-refractivity contribution in [3.63, 3.8) is 0 Å². The van der Waals surface area contributed by atoms with E-state index in [1.165, 1.54) is 0 Å². The van der Waals surface area contributed by atoms with Crippen LogP contribution in [0.5, 0.6) is 0 Å². The highest BCUT2D eigenvalue weighted by Gasteiger charge is 2.34. The number of morpholine rings is 1. The number of ether oxygens (including phenoxy) is 1. The lowest BCUT2D eigenvalue weighted by Crippen LogP contribution is -2.43. The highest BCUT2D eigenvalue weighted by atomic mass is 127. The van der Waals surface area contributed by atoms with Crippen molar-refractivity contribution < 1.29 is 9.13 Å². The molecule has 0 aliphatic carbocycles. The van der Waals surface area contributed by atoms with Gasteiger partial charge in [-0.15, -0.1) is 0 Å². The molecule has 2 saturated heterocycles. The number of benzene rings is 1. The molecule has 1 aromatic rings. The lowest BCUT2D eigenvalue weighted by Gasteiger charge is -2.34. The molecule has 2 fully saturated rings. The molecule has 2 aliphatic heterocycles. The number of rotatable bonds is 1. The normalized spacial score (nSPS) is 27.5. The van der Waals surface area contributed by atoms with Crippen molar-refractivity contribution in [3.05, 3.63) is 21.5 Å². The van der Waals surface area contributed by atoms with Crippen LogP contribution < -0.4 is 10.6 Å². The van der Waals surface area contributed by atoms with Gasteiger partial charge in [0.25, 0.3) is 0 Å². The summed E-state index contributed by atoms with van der Waals surface area (Å²) in [6, 6.07) is 3.24. The summed E-state index contributed by atoms with van der Waals surface area (Å²) in [7, 11) is 0. The molecule has 2 N–H and O–H groups in total. The van der Waals surface area contributed by atoms with Gasteiger partial charge in [-0.25, -0.2) is 4.39 Å². The number of nitrogens with two attached hydrogens (primary N) is 1. The fraction of sp³-hybridized carbons (Fsp3) is 0.500. The molecule has 2 bridgehead atoms. The van der Waals surface area contributed by atoms with Gasteiger partial charge in [-0.3, -0.25) is 0 Å². The third-order valence-electron chi connectivity index (χ3n) is 3.45. The lowest BCUT2D eigenvalue weighted by molar-refractivity contribution is 0.0305. The zero-order valence-electron chi connectivity index (χ0n) is 9.33. The van der Waals surface area contributed by atoms with Crippen molar-refractivity contribution in [1.82, 2.24) is 0 Å². The largest absolute Gasteiger partial charge is 0.397 e. The van der Waals surface area contributed by atoms with Gasteiger partial charge in [-0.2, -0.15) is 0 Å². The van der Waals surface area contributed by atoms with E-state index in [1.54, 1.807) is 12.1 Å². The minimum atomic E-state index is -0.200. The van der Waals surface area contributed by atoms with Crippen LogP contribution in [-0.2, 0) is 4.74 Å². The molecule has 0 radical (unpaired) electrons. The predicted octanol–water partition coefficient (Wildman–Crippen LogP) is 2.38. The molecule has 2 heterocycles. The maximum atomic E-state index is 13.6. The first-order valence-corrected chi connectivity index (χ1v) is 6.86. The Morgan fingerprint density at radius 2 is 1.94 bits per heavy atom. The van der Waals surface area contributed by atoms with Gasteiger partial charge in [-0.05, 0) is 41.5 Å². The van der Waals surface area contributed by atoms with E-state index in [4.69, 9.17) is 10.5 Å². The van der Waals surface area contributed by atoms with E-state index in [9.17, 15) is 4.39 Å². The molecule has 5 heteroatoms. The average molecular weight is 348 g/mol. The molecule has 0 saturated carbocycles. The Bertz CT molecular complexity index is 442. The van der Waals surface area contributed by atoms with Crippen molar-refractivity contribution in [2.24, 2.45) is 0 Å². The fourth-order valence-corrected chi connectivity index (χ4v) is 3.13. The standard InChI is InChI=1S/C12H14FIN2O/c13-9-3-12(11(15)4-10(9)14)16-5-7-1-2-8(6-16)17-7/h3-4,7-8H,1-2,5-6,15H2. The quantitative estimate of drug-likeness (QED) is 0.626. The Hall–Kier alpha value is -0.560. The summed E-state index contributed by atoms with van der Waals surface area (Å²) in [5.41, 5.74) is 7.44. The van der Waals surface area contributed by atoms with Gasteiger partial charge in [-0.1, -0.05) is 0 Å². The molecule has 2 unspecified atom stereocenters. The molecule has 0 aromatic heterocycles. The molecule has 2 atom stereocenters. The van der Waals surface area contributed by atoms with Gasteiger partial charge in [0.2, 0.25) is 0 Å². The molecule has 2 aliphatic rings. The molecule has 17 heavy (non-hydrogen) atoms. The van der Waals surface area contributed by atoms with Crippen LogP contribution in [0.25, 0.3) is 0 Å². The summed E-state index contributed by atoms with van der Waals surface area (Å²) in [6.07, 6.45) is 2.79. The zero-order chi connectivity index (χ0) is 12.0. The Morgan fingerprint density at radius 3 is 2.59 bits per heavy atom. The van der Waals surface area contributed by atoms with Crippen LogP contribution >= 0.6 is 22.6 Å². The van der Waals surface area contributed by atoms with Gasteiger partial charge in [0.15, 0.2) is 0 Å². The summed E-state index contributed by atoms with van der Waals surface area (Å²) < 4.78 is 19.9. The lowest BCUT2D eigenvalue weighted by atomic mass is 10.2. The van der Waals surface area contributed by atoms with Crippen molar-refractivity contribution in [3.8, 4) is 0 Å². The summed E-state index contributed by atoms with van der Waals surface area (Å²) in [6.45, 7) is 1.64. The topological polar surface area (TPSA) is 38.5 Å². The zero-order valence-corrected chi connectivity index (χ0v) is 11.5. The van der Waals surface area contributed by atoms with Crippen LogP contribution in [0.4, 0.5) is 15.8 Å². The van der Waals surface area contributed by atoms with E-state index in [2.05, 4.69) is 4.90 Å². The Morgan fingerprint density at radius 1 is 1.29 bits per heavy atom. The first-order chi connectivity index (χ1) is 8.13. The SMILES string of the molecule is Nc1cc(I)c(F)cc1N1CC2CCC(C1)O2. The van der Waals surface area contributed by atoms with Gasteiger partial charge in [0.05, 0.1) is 27.2 Å². The molecule has 0 amide bonds. The molecule has 1 aromatic carbocycles. The summed E-state index contributed by atoms with van der Waals surface area (Å²) in [5.74, 6) is -0.200. The van der Waals surface area contributed by atoms with E-state index in [0.717, 1.165) is 31.6 Å². The second-order valence-corrected chi connectivity index (χ2v) is 5.85. The highest BCUT2D eigenvalue weighted by Crippen LogP contribution is 2.33. The van der Waals surface area contributed by atoms with E-state index in [0.29, 0.717) is 9.26 Å². The van der Waals surface area contributed by atoms with E-state index in [-0.39, 0.29) is 18.0 Å². The molecular formula is C12H14FIN2O. The van der Waals surface area contributed by atoms with E-state index in [1.807, 2.05) is 22.6 Å². The molecule has 92 valence electrons. The number of halogens is 2. The van der Waals surface area contributed by atoms with Crippen molar-refractivity contribution >= 4 is 34.0 Å². The van der Waals surface area contributed by atoms with Gasteiger partial charge in [0, 0.05) is 19.2 Å². The van der Waals surface area contributed by atoms with Gasteiger partial charge >= 0.3 is 0 Å². The van der Waals surface area contributed by atoms with E-state index < -0.39 is 0 Å². The minimum Gasteiger partial charge on any atom is -0.397 e. The average Bonchev–Trinajstić information content (AvgIpc) is 2.63. The van der Waals surface area contributed by atoms with Crippen molar-refractivity contribution in [1.29, 1.82) is 0 Å². The maximum absolute atomic E-state index is 13.6. The summed E-state index contributed by atoms with van der Waals surface area (Å²) in [5, 5.41) is 0. The Kier molecular flexibility index (Phi) is 2.90. The fourth-order valence-electron chi connectivity index (χ4n) is 2.64. The third-order valence-corrected chi connectivity index (χ3v) is 4.28. The van der Waals surface area contributed by atoms with Crippen LogP contribution in [0, 0.1) is 9.39 Å². The smallest absolute Gasteiger partial charge is 0.138 e. The number of nitrogens with zero attached hydrogens (tertiary/aromatic N) is 1. The number of hydrogen-bond acceptors (Lipinski definition) is 3. The molecule has 3 rings (SSSR count). The number of fused-ring (bicyclic) bond motifs is 2. The van der Waals surface area contributed by atoms with Crippen LogP contribution in [0.1, 0.15) is 12.8 Å². The second-order valence-electron chi connectivity index (χ2n) is 4.69. The first kappa shape index (κ1) is 11.5. The van der Waals surface area contributed by atoms with Gasteiger partial charge in [0.1, 0.15) is 5.82 Å². The number of nitrogen functional groups attached to an aromatic ring is 1. The Balaban J connectivity index is 1.91. The van der Waals surface area contributed by atoms with Gasteiger partial charge < -0.3 is 15.4 Å². The van der Waals surface area contributed by atoms with Crippen LogP contribution in [0.15, 0.2) is 12.1 Å². The summed E-state index contributed by atoms with van der Waals surface area (Å²) >= 11 is 1.96. The van der Waals surface area contributed by atoms with E-state index >= 15 is 0 Å².